The highest BCUT2D eigenvalue weighted by atomic mass is 16.2. The second-order valence-electron chi connectivity index (χ2n) is 5.63. The summed E-state index contributed by atoms with van der Waals surface area (Å²) in [6.45, 7) is 1.50. The molecule has 2 heterocycles. The highest BCUT2D eigenvalue weighted by Gasteiger charge is 2.42. The van der Waals surface area contributed by atoms with Gasteiger partial charge in [-0.2, -0.15) is 0 Å². The summed E-state index contributed by atoms with van der Waals surface area (Å²) >= 11 is 0. The molecule has 19 heavy (non-hydrogen) atoms. The molecule has 1 aliphatic carbocycles. The van der Waals surface area contributed by atoms with Crippen LogP contribution in [0.25, 0.3) is 0 Å². The van der Waals surface area contributed by atoms with Crippen LogP contribution < -0.4 is 11.3 Å². The van der Waals surface area contributed by atoms with Gasteiger partial charge in [-0.1, -0.05) is 6.07 Å². The van der Waals surface area contributed by atoms with Gasteiger partial charge in [0, 0.05) is 31.4 Å². The van der Waals surface area contributed by atoms with Crippen LogP contribution in [0.2, 0.25) is 0 Å². The van der Waals surface area contributed by atoms with Crippen molar-refractivity contribution in [1.29, 1.82) is 0 Å². The lowest BCUT2D eigenvalue weighted by atomic mass is 9.99. The Hall–Kier alpha value is -1.62. The van der Waals surface area contributed by atoms with Gasteiger partial charge in [-0.3, -0.25) is 9.59 Å². The van der Waals surface area contributed by atoms with Crippen molar-refractivity contribution in [3.05, 3.63) is 34.7 Å². The van der Waals surface area contributed by atoms with Gasteiger partial charge in [-0.05, 0) is 30.7 Å². The molecule has 1 aliphatic heterocycles. The minimum absolute atomic E-state index is 0.00750. The standard InChI is InChI=1S/C14H19N3O2/c15-12-8-17(7-11(12)10-4-5-10)14(19)9-16-6-2-1-3-13(16)18/h1-3,6,10-12H,4-5,7-9,15H2/t11-,12+/m0/s1. The normalized spacial score (nSPS) is 26.7. The third-order valence-electron chi connectivity index (χ3n) is 4.20. The number of hydrogen-bond donors (Lipinski definition) is 1. The van der Waals surface area contributed by atoms with E-state index < -0.39 is 0 Å². The molecule has 5 nitrogen and oxygen atoms in total. The Morgan fingerprint density at radius 2 is 2.11 bits per heavy atom. The second-order valence-corrected chi connectivity index (χ2v) is 5.63. The molecule has 1 saturated heterocycles. The van der Waals surface area contributed by atoms with Crippen LogP contribution in [0.5, 0.6) is 0 Å². The van der Waals surface area contributed by atoms with Crippen LogP contribution in [0.4, 0.5) is 0 Å². The van der Waals surface area contributed by atoms with Gasteiger partial charge in [-0.15, -0.1) is 0 Å². The SMILES string of the molecule is N[C@@H]1CN(C(=O)Cn2ccccc2=O)C[C@H]1C1CC1. The number of likely N-dealkylation sites (tertiary alicyclic amines) is 1. The van der Waals surface area contributed by atoms with Gasteiger partial charge < -0.3 is 15.2 Å². The van der Waals surface area contributed by atoms with Gasteiger partial charge in [0.1, 0.15) is 6.54 Å². The maximum absolute atomic E-state index is 12.2. The Balaban J connectivity index is 1.65. The number of carbonyl (C=O) groups is 1. The predicted octanol–water partition coefficient (Wildman–Crippen LogP) is 0.0440. The third kappa shape index (κ3) is 2.56. The summed E-state index contributed by atoms with van der Waals surface area (Å²) in [6, 6.07) is 5.01. The summed E-state index contributed by atoms with van der Waals surface area (Å²) < 4.78 is 1.44. The van der Waals surface area contributed by atoms with Crippen LogP contribution in [-0.4, -0.2) is 34.5 Å². The number of aromatic nitrogens is 1. The summed E-state index contributed by atoms with van der Waals surface area (Å²) in [6.07, 6.45) is 4.14. The first-order chi connectivity index (χ1) is 9.15. The van der Waals surface area contributed by atoms with Crippen molar-refractivity contribution in [3.63, 3.8) is 0 Å². The van der Waals surface area contributed by atoms with Gasteiger partial charge in [0.05, 0.1) is 0 Å². The van der Waals surface area contributed by atoms with E-state index in [1.165, 1.54) is 23.5 Å². The highest BCUT2D eigenvalue weighted by Crippen LogP contribution is 2.40. The molecule has 0 aromatic carbocycles. The Bertz CT molecular complexity index is 535. The quantitative estimate of drug-likeness (QED) is 0.835. The summed E-state index contributed by atoms with van der Waals surface area (Å²) in [4.78, 5) is 25.6. The Morgan fingerprint density at radius 3 is 2.79 bits per heavy atom. The van der Waals surface area contributed by atoms with Crippen molar-refractivity contribution in [2.45, 2.75) is 25.4 Å². The molecule has 0 spiro atoms. The Morgan fingerprint density at radius 1 is 1.32 bits per heavy atom. The minimum Gasteiger partial charge on any atom is -0.339 e. The topological polar surface area (TPSA) is 68.3 Å². The summed E-state index contributed by atoms with van der Waals surface area (Å²) in [5.74, 6) is 1.16. The highest BCUT2D eigenvalue weighted by molar-refractivity contribution is 5.76. The third-order valence-corrected chi connectivity index (χ3v) is 4.20. The fraction of sp³-hybridized carbons (Fsp3) is 0.571. The molecule has 0 radical (unpaired) electrons. The average Bonchev–Trinajstić information content (AvgIpc) is 3.15. The lowest BCUT2D eigenvalue weighted by Crippen LogP contribution is -2.36. The molecule has 2 aliphatic rings. The molecule has 1 aromatic heterocycles. The van der Waals surface area contributed by atoms with E-state index in [9.17, 15) is 9.59 Å². The van der Waals surface area contributed by atoms with E-state index in [0.717, 1.165) is 6.54 Å². The van der Waals surface area contributed by atoms with E-state index in [0.29, 0.717) is 18.4 Å². The molecule has 3 rings (SSSR count). The van der Waals surface area contributed by atoms with Crippen molar-refractivity contribution in [2.75, 3.05) is 13.1 Å². The molecular weight excluding hydrogens is 242 g/mol. The van der Waals surface area contributed by atoms with E-state index in [4.69, 9.17) is 5.73 Å². The van der Waals surface area contributed by atoms with Crippen molar-refractivity contribution >= 4 is 5.91 Å². The first-order valence-corrected chi connectivity index (χ1v) is 6.84. The molecule has 1 aromatic rings. The van der Waals surface area contributed by atoms with Gasteiger partial charge in [-0.25, -0.2) is 0 Å². The molecule has 1 saturated carbocycles. The molecule has 1 amide bonds. The fourth-order valence-electron chi connectivity index (χ4n) is 2.92. The molecule has 0 bridgehead atoms. The van der Waals surface area contributed by atoms with E-state index in [2.05, 4.69) is 0 Å². The van der Waals surface area contributed by atoms with Gasteiger partial charge in [0.15, 0.2) is 0 Å². The van der Waals surface area contributed by atoms with E-state index in [1.54, 1.807) is 18.3 Å². The number of carbonyl (C=O) groups excluding carboxylic acids is 1. The smallest absolute Gasteiger partial charge is 0.250 e. The molecule has 2 atom stereocenters. The van der Waals surface area contributed by atoms with E-state index >= 15 is 0 Å². The van der Waals surface area contributed by atoms with Crippen LogP contribution in [-0.2, 0) is 11.3 Å². The predicted molar refractivity (Wildman–Crippen MR) is 71.5 cm³/mol. The van der Waals surface area contributed by atoms with Crippen molar-refractivity contribution in [2.24, 2.45) is 17.6 Å². The summed E-state index contributed by atoms with van der Waals surface area (Å²) in [7, 11) is 0. The Kier molecular flexibility index (Phi) is 3.14. The molecule has 2 fully saturated rings. The number of rotatable bonds is 3. The number of nitrogens with two attached hydrogens (primary N) is 1. The lowest BCUT2D eigenvalue weighted by molar-refractivity contribution is -0.131. The van der Waals surface area contributed by atoms with Gasteiger partial charge in [0.25, 0.3) is 5.56 Å². The molecule has 0 unspecified atom stereocenters. The molecular formula is C14H19N3O2. The van der Waals surface area contributed by atoms with Crippen LogP contribution in [0.1, 0.15) is 12.8 Å². The number of nitrogens with zero attached hydrogens (tertiary/aromatic N) is 2. The van der Waals surface area contributed by atoms with Crippen molar-refractivity contribution < 1.29 is 4.79 Å². The van der Waals surface area contributed by atoms with Crippen LogP contribution in [0.15, 0.2) is 29.2 Å². The zero-order valence-corrected chi connectivity index (χ0v) is 10.9. The zero-order chi connectivity index (χ0) is 13.4. The number of amides is 1. The first-order valence-electron chi connectivity index (χ1n) is 6.84. The monoisotopic (exact) mass is 261 g/mol. The van der Waals surface area contributed by atoms with Gasteiger partial charge >= 0.3 is 0 Å². The minimum atomic E-state index is -0.141. The zero-order valence-electron chi connectivity index (χ0n) is 10.9. The maximum Gasteiger partial charge on any atom is 0.250 e. The molecule has 5 heteroatoms. The summed E-state index contributed by atoms with van der Waals surface area (Å²) in [5.41, 5.74) is 5.97. The Labute approximate surface area is 112 Å². The second kappa shape index (κ2) is 4.81. The van der Waals surface area contributed by atoms with Crippen LogP contribution in [0, 0.1) is 11.8 Å². The molecule has 2 N–H and O–H groups in total. The number of hydrogen-bond acceptors (Lipinski definition) is 3. The molecule has 102 valence electrons. The first kappa shape index (κ1) is 12.4. The number of pyridine rings is 1. The van der Waals surface area contributed by atoms with Gasteiger partial charge in [0.2, 0.25) is 5.91 Å². The summed E-state index contributed by atoms with van der Waals surface area (Å²) in [5, 5.41) is 0. The lowest BCUT2D eigenvalue weighted by Gasteiger charge is -2.16. The largest absolute Gasteiger partial charge is 0.339 e. The fourth-order valence-corrected chi connectivity index (χ4v) is 2.92. The average molecular weight is 261 g/mol. The maximum atomic E-state index is 12.2. The van der Waals surface area contributed by atoms with Crippen molar-refractivity contribution in [1.82, 2.24) is 9.47 Å². The van der Waals surface area contributed by atoms with E-state index in [1.807, 2.05) is 4.90 Å². The van der Waals surface area contributed by atoms with E-state index in [-0.39, 0.29) is 24.1 Å². The van der Waals surface area contributed by atoms with Crippen LogP contribution >= 0.6 is 0 Å². The van der Waals surface area contributed by atoms with Crippen molar-refractivity contribution in [3.8, 4) is 0 Å². The van der Waals surface area contributed by atoms with Crippen LogP contribution in [0.3, 0.4) is 0 Å².